The fourth-order valence-electron chi connectivity index (χ4n) is 1.67. The molecular weight excluding hydrogens is 344 g/mol. The highest BCUT2D eigenvalue weighted by atomic mass is 79.9. The van der Waals surface area contributed by atoms with Gasteiger partial charge in [0.25, 0.3) is 10.0 Å². The average molecular weight is 357 g/mol. The number of rotatable bonds is 4. The van der Waals surface area contributed by atoms with E-state index in [1.54, 1.807) is 18.2 Å². The molecule has 1 N–H and O–H groups in total. The third-order valence-corrected chi connectivity index (χ3v) is 4.35. The predicted octanol–water partition coefficient (Wildman–Crippen LogP) is 2.96. The van der Waals surface area contributed by atoms with Crippen LogP contribution in [0.1, 0.15) is 5.56 Å². The lowest BCUT2D eigenvalue weighted by Gasteiger charge is -2.11. The molecule has 0 bridgehead atoms. The molecule has 2 rings (SSSR count). The van der Waals surface area contributed by atoms with E-state index < -0.39 is 10.0 Å². The van der Waals surface area contributed by atoms with Crippen LogP contribution in [0.2, 0.25) is 0 Å². The Balaban J connectivity index is 2.43. The number of benzene rings is 1. The van der Waals surface area contributed by atoms with Crippen molar-refractivity contribution in [1.29, 1.82) is 0 Å². The van der Waals surface area contributed by atoms with Gasteiger partial charge in [0.2, 0.25) is 5.88 Å². The number of aryl methyl sites for hydroxylation is 1. The lowest BCUT2D eigenvalue weighted by Crippen LogP contribution is -2.14. The quantitative estimate of drug-likeness (QED) is 0.914. The van der Waals surface area contributed by atoms with Gasteiger partial charge >= 0.3 is 0 Å². The molecule has 0 atom stereocenters. The van der Waals surface area contributed by atoms with E-state index in [-0.39, 0.29) is 10.8 Å². The Labute approximate surface area is 126 Å². The molecule has 7 heteroatoms. The van der Waals surface area contributed by atoms with Crippen LogP contribution in [-0.4, -0.2) is 20.5 Å². The summed E-state index contributed by atoms with van der Waals surface area (Å²) in [6, 6.07) is 8.55. The Hall–Kier alpha value is -1.60. The number of hydrogen-bond donors (Lipinski definition) is 1. The highest BCUT2D eigenvalue weighted by Gasteiger charge is 2.21. The SMILES string of the molecule is COc1ncc(Br)cc1S(=O)(=O)Nc1cccc(C)c1. The summed E-state index contributed by atoms with van der Waals surface area (Å²) < 4.78 is 32.8. The second kappa shape index (κ2) is 5.80. The van der Waals surface area contributed by atoms with Crippen molar-refractivity contribution in [3.05, 3.63) is 46.6 Å². The Morgan fingerprint density at radius 3 is 2.70 bits per heavy atom. The van der Waals surface area contributed by atoms with Gasteiger partial charge in [-0.25, -0.2) is 13.4 Å². The maximum absolute atomic E-state index is 12.4. The smallest absolute Gasteiger partial charge is 0.267 e. The van der Waals surface area contributed by atoms with E-state index in [9.17, 15) is 8.42 Å². The van der Waals surface area contributed by atoms with Gasteiger partial charge in [0, 0.05) is 16.4 Å². The number of hydrogen-bond acceptors (Lipinski definition) is 4. The molecule has 1 aromatic carbocycles. The molecule has 106 valence electrons. The summed E-state index contributed by atoms with van der Waals surface area (Å²) in [6.45, 7) is 1.89. The van der Waals surface area contributed by atoms with Crippen LogP contribution in [0, 0.1) is 6.92 Å². The van der Waals surface area contributed by atoms with Crippen LogP contribution in [0.5, 0.6) is 5.88 Å². The van der Waals surface area contributed by atoms with E-state index in [1.165, 1.54) is 19.4 Å². The second-order valence-electron chi connectivity index (χ2n) is 4.14. The summed E-state index contributed by atoms with van der Waals surface area (Å²) in [5, 5.41) is 0. The first-order chi connectivity index (χ1) is 9.42. The lowest BCUT2D eigenvalue weighted by atomic mass is 10.2. The molecule has 0 unspecified atom stereocenters. The zero-order valence-corrected chi connectivity index (χ0v) is 13.3. The fraction of sp³-hybridized carbons (Fsp3) is 0.154. The molecule has 0 radical (unpaired) electrons. The maximum atomic E-state index is 12.4. The van der Waals surface area contributed by atoms with Gasteiger partial charge in [-0.1, -0.05) is 12.1 Å². The molecule has 0 aliphatic heterocycles. The van der Waals surface area contributed by atoms with Gasteiger partial charge in [-0.05, 0) is 46.6 Å². The van der Waals surface area contributed by atoms with Crippen LogP contribution in [0.15, 0.2) is 45.9 Å². The Morgan fingerprint density at radius 2 is 2.05 bits per heavy atom. The summed E-state index contributed by atoms with van der Waals surface area (Å²) in [7, 11) is -2.39. The van der Waals surface area contributed by atoms with Gasteiger partial charge in [0.15, 0.2) is 4.90 Å². The van der Waals surface area contributed by atoms with E-state index in [2.05, 4.69) is 25.6 Å². The molecule has 0 aliphatic rings. The zero-order valence-electron chi connectivity index (χ0n) is 10.9. The van der Waals surface area contributed by atoms with Crippen molar-refractivity contribution in [2.75, 3.05) is 11.8 Å². The first-order valence-electron chi connectivity index (χ1n) is 5.71. The Bertz CT molecular complexity index is 732. The molecule has 20 heavy (non-hydrogen) atoms. The van der Waals surface area contributed by atoms with E-state index in [4.69, 9.17) is 4.74 Å². The third-order valence-electron chi connectivity index (χ3n) is 2.54. The van der Waals surface area contributed by atoms with E-state index in [1.807, 2.05) is 13.0 Å². The van der Waals surface area contributed by atoms with Crippen molar-refractivity contribution >= 4 is 31.6 Å². The normalized spacial score (nSPS) is 11.2. The van der Waals surface area contributed by atoms with Gasteiger partial charge in [-0.3, -0.25) is 4.72 Å². The molecule has 0 saturated heterocycles. The van der Waals surface area contributed by atoms with Crippen molar-refractivity contribution in [3.63, 3.8) is 0 Å². The van der Waals surface area contributed by atoms with Crippen molar-refractivity contribution in [2.45, 2.75) is 11.8 Å². The van der Waals surface area contributed by atoms with Crippen molar-refractivity contribution in [3.8, 4) is 5.88 Å². The molecule has 0 fully saturated rings. The van der Waals surface area contributed by atoms with Gasteiger partial charge in [-0.15, -0.1) is 0 Å². The number of pyridine rings is 1. The molecule has 1 heterocycles. The van der Waals surface area contributed by atoms with Gasteiger partial charge in [0.1, 0.15) is 0 Å². The number of halogens is 1. The topological polar surface area (TPSA) is 68.3 Å². The second-order valence-corrected chi connectivity index (χ2v) is 6.70. The molecule has 0 aliphatic carbocycles. The first kappa shape index (κ1) is 14.8. The lowest BCUT2D eigenvalue weighted by molar-refractivity contribution is 0.385. The monoisotopic (exact) mass is 356 g/mol. The number of nitrogens with zero attached hydrogens (tertiary/aromatic N) is 1. The minimum Gasteiger partial charge on any atom is -0.480 e. The number of ether oxygens (including phenoxy) is 1. The minimum atomic E-state index is -3.76. The molecule has 5 nitrogen and oxygen atoms in total. The fourth-order valence-corrected chi connectivity index (χ4v) is 3.35. The number of aromatic nitrogens is 1. The molecule has 0 amide bonds. The summed E-state index contributed by atoms with van der Waals surface area (Å²) in [5.41, 5.74) is 1.46. The van der Waals surface area contributed by atoms with Gasteiger partial charge < -0.3 is 4.74 Å². The van der Waals surface area contributed by atoms with Gasteiger partial charge in [-0.2, -0.15) is 0 Å². The van der Waals surface area contributed by atoms with Crippen LogP contribution in [-0.2, 0) is 10.0 Å². The minimum absolute atomic E-state index is 0.0177. The number of nitrogens with one attached hydrogen (secondary N) is 1. The molecule has 0 spiro atoms. The highest BCUT2D eigenvalue weighted by molar-refractivity contribution is 9.10. The van der Waals surface area contributed by atoms with E-state index in [0.717, 1.165) is 5.56 Å². The van der Waals surface area contributed by atoms with Crippen molar-refractivity contribution < 1.29 is 13.2 Å². The predicted molar refractivity (Wildman–Crippen MR) is 80.5 cm³/mol. The zero-order chi connectivity index (χ0) is 14.8. The summed E-state index contributed by atoms with van der Waals surface area (Å²) in [4.78, 5) is 3.92. The number of methoxy groups -OCH3 is 1. The van der Waals surface area contributed by atoms with Crippen LogP contribution < -0.4 is 9.46 Å². The van der Waals surface area contributed by atoms with Crippen LogP contribution in [0.4, 0.5) is 5.69 Å². The third kappa shape index (κ3) is 3.29. The van der Waals surface area contributed by atoms with Crippen LogP contribution in [0.25, 0.3) is 0 Å². The number of sulfonamides is 1. The van der Waals surface area contributed by atoms with Crippen molar-refractivity contribution in [2.24, 2.45) is 0 Å². The van der Waals surface area contributed by atoms with Crippen LogP contribution >= 0.6 is 15.9 Å². The summed E-state index contributed by atoms with van der Waals surface area (Å²) >= 11 is 3.20. The molecule has 2 aromatic rings. The molecule has 1 aromatic heterocycles. The Kier molecular flexibility index (Phi) is 4.29. The van der Waals surface area contributed by atoms with Crippen molar-refractivity contribution in [1.82, 2.24) is 4.98 Å². The van der Waals surface area contributed by atoms with Crippen LogP contribution in [0.3, 0.4) is 0 Å². The maximum Gasteiger partial charge on any atom is 0.267 e. The van der Waals surface area contributed by atoms with Gasteiger partial charge in [0.05, 0.1) is 7.11 Å². The molecular formula is C13H13BrN2O3S. The summed E-state index contributed by atoms with van der Waals surface area (Å²) in [5.74, 6) is 0.0494. The Morgan fingerprint density at radius 1 is 1.30 bits per heavy atom. The standard InChI is InChI=1S/C13H13BrN2O3S/c1-9-4-3-5-11(6-9)16-20(17,18)12-7-10(14)8-15-13(12)19-2/h3-8,16H,1-2H3. The van der Waals surface area contributed by atoms with E-state index in [0.29, 0.717) is 10.2 Å². The number of anilines is 1. The highest BCUT2D eigenvalue weighted by Crippen LogP contribution is 2.26. The average Bonchev–Trinajstić information content (AvgIpc) is 2.38. The summed E-state index contributed by atoms with van der Waals surface area (Å²) in [6.07, 6.45) is 1.48. The molecule has 0 saturated carbocycles. The van der Waals surface area contributed by atoms with E-state index >= 15 is 0 Å². The largest absolute Gasteiger partial charge is 0.480 e. The first-order valence-corrected chi connectivity index (χ1v) is 7.99.